The van der Waals surface area contributed by atoms with E-state index in [1.54, 1.807) is 12.3 Å². The highest BCUT2D eigenvalue weighted by Gasteiger charge is 2.39. The fraction of sp³-hybridized carbons (Fsp3) is 0.407. The number of ketones is 1. The zero-order valence-corrected chi connectivity index (χ0v) is 21.9. The number of Topliss-reactive ketones (excluding diaryl/α,β-unsaturated/α-hetero) is 1. The monoisotopic (exact) mass is 517 g/mol. The molecule has 0 unspecified atom stereocenters. The lowest BCUT2D eigenvalue weighted by Gasteiger charge is -2.40. The van der Waals surface area contributed by atoms with Crippen LogP contribution in [0.5, 0.6) is 0 Å². The number of halogens is 1. The van der Waals surface area contributed by atoms with Crippen molar-refractivity contribution in [3.8, 4) is 5.82 Å². The molecule has 0 atom stereocenters. The summed E-state index contributed by atoms with van der Waals surface area (Å²) in [4.78, 5) is 29.3. The molecular weight excluding hydrogens is 485 g/mol. The van der Waals surface area contributed by atoms with Gasteiger partial charge in [-0.2, -0.15) is 15.2 Å². The lowest BCUT2D eigenvalue weighted by Crippen LogP contribution is -2.45. The Morgan fingerprint density at radius 1 is 1.13 bits per heavy atom. The Balaban J connectivity index is 1.19. The van der Waals surface area contributed by atoms with E-state index in [9.17, 15) is 9.18 Å². The smallest absolute Gasteiger partial charge is 0.227 e. The van der Waals surface area contributed by atoms with Gasteiger partial charge < -0.3 is 10.2 Å². The van der Waals surface area contributed by atoms with Crippen molar-refractivity contribution in [3.05, 3.63) is 65.6 Å². The zero-order valence-electron chi connectivity index (χ0n) is 21.9. The fourth-order valence-electron chi connectivity index (χ4n) is 4.99. The maximum absolute atomic E-state index is 13.4. The summed E-state index contributed by atoms with van der Waals surface area (Å²) in [6, 6.07) is 7.52. The van der Waals surface area contributed by atoms with Crippen molar-refractivity contribution in [1.82, 2.24) is 34.9 Å². The van der Waals surface area contributed by atoms with Crippen LogP contribution in [-0.2, 0) is 11.2 Å². The molecule has 0 aromatic carbocycles. The number of anilines is 3. The molecule has 0 radical (unpaired) electrons. The maximum Gasteiger partial charge on any atom is 0.227 e. The minimum absolute atomic E-state index is 0.291. The highest BCUT2D eigenvalue weighted by atomic mass is 19.1. The van der Waals surface area contributed by atoms with Gasteiger partial charge in [0.05, 0.1) is 12.4 Å². The van der Waals surface area contributed by atoms with Gasteiger partial charge in [-0.05, 0) is 51.2 Å². The molecule has 0 bridgehead atoms. The van der Waals surface area contributed by atoms with Crippen molar-refractivity contribution in [3.63, 3.8) is 0 Å². The van der Waals surface area contributed by atoms with Gasteiger partial charge in [0.1, 0.15) is 11.6 Å². The number of hydrogen-bond acceptors (Lipinski definition) is 8. The van der Waals surface area contributed by atoms with Gasteiger partial charge in [0, 0.05) is 54.6 Å². The van der Waals surface area contributed by atoms with Crippen LogP contribution in [0, 0.1) is 25.1 Å². The van der Waals surface area contributed by atoms with E-state index in [0.717, 1.165) is 55.5 Å². The average molecular weight is 518 g/mol. The fourth-order valence-corrected chi connectivity index (χ4v) is 4.99. The Bertz CT molecular complexity index is 1400. The lowest BCUT2D eigenvalue weighted by molar-refractivity contribution is -0.130. The number of carbonyl (C=O) groups is 1. The molecule has 1 aliphatic heterocycles. The Kier molecular flexibility index (Phi) is 7.17. The molecule has 10 nitrogen and oxygen atoms in total. The third-order valence-electron chi connectivity index (χ3n) is 7.31. The zero-order chi connectivity index (χ0) is 26.7. The summed E-state index contributed by atoms with van der Waals surface area (Å²) in [7, 11) is 0. The Morgan fingerprint density at radius 3 is 2.58 bits per heavy atom. The average Bonchev–Trinajstić information content (AvgIpc) is 3.54. The van der Waals surface area contributed by atoms with Gasteiger partial charge in [0.2, 0.25) is 5.95 Å². The highest BCUT2D eigenvalue weighted by Crippen LogP contribution is 2.38. The van der Waals surface area contributed by atoms with E-state index >= 15 is 0 Å². The second kappa shape index (κ2) is 10.7. The first-order valence-electron chi connectivity index (χ1n) is 12.9. The third kappa shape index (κ3) is 5.56. The number of H-pyrrole nitrogens is 1. The number of pyridine rings is 1. The van der Waals surface area contributed by atoms with Crippen LogP contribution < -0.4 is 10.2 Å². The number of rotatable bonds is 9. The van der Waals surface area contributed by atoms with Gasteiger partial charge in [-0.1, -0.05) is 13.0 Å². The van der Waals surface area contributed by atoms with Gasteiger partial charge in [-0.25, -0.2) is 19.0 Å². The van der Waals surface area contributed by atoms with Crippen molar-refractivity contribution in [1.29, 1.82) is 0 Å². The SMILES string of the molecule is CCC1(C(=O)CCc2ccc(-n3cc(F)cn3)nc2)CCN(c2nc(C)cc(Nc3cc(C)[nH]n3)n2)CC1. The van der Waals surface area contributed by atoms with Crippen LogP contribution in [-0.4, -0.2) is 53.8 Å². The number of hydrogen-bond donors (Lipinski definition) is 2. The summed E-state index contributed by atoms with van der Waals surface area (Å²) < 4.78 is 14.6. The van der Waals surface area contributed by atoms with E-state index < -0.39 is 5.82 Å². The largest absolute Gasteiger partial charge is 0.341 e. The van der Waals surface area contributed by atoms with Crippen molar-refractivity contribution in [2.24, 2.45) is 5.41 Å². The van der Waals surface area contributed by atoms with Crippen LogP contribution in [0.15, 0.2) is 42.9 Å². The molecule has 0 saturated carbocycles. The van der Waals surface area contributed by atoms with E-state index in [-0.39, 0.29) is 5.41 Å². The summed E-state index contributed by atoms with van der Waals surface area (Å²) in [5.41, 5.74) is 2.46. The molecule has 11 heteroatoms. The molecular formula is C27H32FN9O. The van der Waals surface area contributed by atoms with Crippen molar-refractivity contribution in [2.75, 3.05) is 23.3 Å². The van der Waals surface area contributed by atoms with Gasteiger partial charge in [-0.3, -0.25) is 9.89 Å². The van der Waals surface area contributed by atoms with E-state index in [1.165, 1.54) is 10.9 Å². The molecule has 198 valence electrons. The van der Waals surface area contributed by atoms with E-state index in [4.69, 9.17) is 4.98 Å². The van der Waals surface area contributed by atoms with Crippen LogP contribution in [0.1, 0.15) is 49.6 Å². The summed E-state index contributed by atoms with van der Waals surface area (Å²) in [5.74, 6) is 2.49. The minimum atomic E-state index is -0.410. The van der Waals surface area contributed by atoms with Crippen molar-refractivity contribution < 1.29 is 9.18 Å². The van der Waals surface area contributed by atoms with Gasteiger partial charge in [0.15, 0.2) is 17.5 Å². The number of aryl methyl sites for hydroxylation is 3. The molecule has 0 aliphatic carbocycles. The van der Waals surface area contributed by atoms with Crippen LogP contribution in [0.25, 0.3) is 5.82 Å². The van der Waals surface area contributed by atoms with E-state index in [2.05, 4.69) is 42.4 Å². The van der Waals surface area contributed by atoms with Gasteiger partial charge in [0.25, 0.3) is 0 Å². The van der Waals surface area contributed by atoms with Crippen LogP contribution in [0.2, 0.25) is 0 Å². The van der Waals surface area contributed by atoms with Crippen LogP contribution >= 0.6 is 0 Å². The predicted molar refractivity (Wildman–Crippen MR) is 142 cm³/mol. The molecule has 4 aromatic rings. The predicted octanol–water partition coefficient (Wildman–Crippen LogP) is 4.48. The molecule has 0 amide bonds. The van der Waals surface area contributed by atoms with Gasteiger partial charge in [-0.15, -0.1) is 0 Å². The first-order chi connectivity index (χ1) is 18.3. The Hall–Kier alpha value is -4.15. The third-order valence-corrected chi connectivity index (χ3v) is 7.31. The standard InChI is InChI=1S/C27H32FN9O/c1-4-27(22(38)7-5-20-6-8-25(29-15-20)37-17-21(28)16-30-37)9-11-36(12-10-27)26-31-18(2)13-23(33-26)32-24-14-19(3)34-35-24/h6,8,13-17H,4-5,7,9-12H2,1-3H3,(H2,31,32,33,34,35). The molecule has 1 fully saturated rings. The number of piperidine rings is 1. The summed E-state index contributed by atoms with van der Waals surface area (Å²) >= 11 is 0. The molecule has 2 N–H and O–H groups in total. The number of aromatic nitrogens is 7. The number of nitrogens with one attached hydrogen (secondary N) is 2. The summed E-state index contributed by atoms with van der Waals surface area (Å²) in [5, 5.41) is 14.3. The molecule has 4 aromatic heterocycles. The first kappa shape index (κ1) is 25.5. The molecule has 38 heavy (non-hydrogen) atoms. The number of aromatic amines is 1. The minimum Gasteiger partial charge on any atom is -0.341 e. The van der Waals surface area contributed by atoms with E-state index in [0.29, 0.717) is 42.0 Å². The van der Waals surface area contributed by atoms with Gasteiger partial charge >= 0.3 is 0 Å². The Morgan fingerprint density at radius 2 is 1.95 bits per heavy atom. The van der Waals surface area contributed by atoms with Crippen LogP contribution in [0.3, 0.4) is 0 Å². The highest BCUT2D eigenvalue weighted by molar-refractivity contribution is 5.85. The Labute approximate surface area is 220 Å². The molecule has 1 saturated heterocycles. The summed E-state index contributed by atoms with van der Waals surface area (Å²) in [6.45, 7) is 7.44. The molecule has 1 aliphatic rings. The second-order valence-corrected chi connectivity index (χ2v) is 9.93. The summed E-state index contributed by atoms with van der Waals surface area (Å²) in [6.07, 6.45) is 7.58. The quantitative estimate of drug-likeness (QED) is 0.334. The van der Waals surface area contributed by atoms with Crippen LogP contribution in [0.4, 0.5) is 22.0 Å². The second-order valence-electron chi connectivity index (χ2n) is 9.93. The molecule has 0 spiro atoms. The number of nitrogens with zero attached hydrogens (tertiary/aromatic N) is 7. The number of carbonyl (C=O) groups excluding carboxylic acids is 1. The first-order valence-corrected chi connectivity index (χ1v) is 12.9. The van der Waals surface area contributed by atoms with E-state index in [1.807, 2.05) is 32.0 Å². The van der Waals surface area contributed by atoms with Crippen molar-refractivity contribution >= 4 is 23.4 Å². The molecule has 5 heterocycles. The molecule has 5 rings (SSSR count). The van der Waals surface area contributed by atoms with Crippen molar-refractivity contribution in [2.45, 2.75) is 52.9 Å². The normalized spacial score (nSPS) is 15.0. The maximum atomic E-state index is 13.4. The lowest BCUT2D eigenvalue weighted by atomic mass is 9.71. The topological polar surface area (TPSA) is 118 Å².